The van der Waals surface area contributed by atoms with Crippen LogP contribution in [0, 0.1) is 18.2 Å². The Kier molecular flexibility index (Phi) is 15.5. The van der Waals surface area contributed by atoms with Gasteiger partial charge < -0.3 is 35.4 Å². The number of aromatic nitrogens is 1. The summed E-state index contributed by atoms with van der Waals surface area (Å²) in [7, 11) is 0. The number of urea groups is 1. The van der Waals surface area contributed by atoms with Gasteiger partial charge >= 0.3 is 6.03 Å². The molecular formula is C51H57FN6O8S. The Morgan fingerprint density at radius 3 is 2.21 bits per heavy atom. The molecule has 0 spiro atoms. The van der Waals surface area contributed by atoms with Crippen molar-refractivity contribution in [2.45, 2.75) is 90.6 Å². The van der Waals surface area contributed by atoms with Crippen molar-refractivity contribution in [3.8, 4) is 27.3 Å². The second-order valence-electron chi connectivity index (χ2n) is 18.0. The minimum atomic E-state index is -1.01. The largest absolute Gasteiger partial charge is 0.493 e. The number of unbranched alkanes of at least 4 members (excludes halogenated alkanes) is 2. The molecule has 16 heteroatoms. The fourth-order valence-electron chi connectivity index (χ4n) is 8.54. The van der Waals surface area contributed by atoms with Gasteiger partial charge in [-0.25, -0.2) is 14.2 Å². The first kappa shape index (κ1) is 48.4. The third-order valence-electron chi connectivity index (χ3n) is 12.0. The second-order valence-corrected chi connectivity index (χ2v) is 18.8. The summed E-state index contributed by atoms with van der Waals surface area (Å²) >= 11 is 1.56. The molecule has 1 aliphatic heterocycles. The van der Waals surface area contributed by atoms with Crippen LogP contribution in [0.1, 0.15) is 98.2 Å². The minimum absolute atomic E-state index is 0.00756. The van der Waals surface area contributed by atoms with Gasteiger partial charge in [0.05, 0.1) is 40.9 Å². The lowest BCUT2D eigenvalue weighted by molar-refractivity contribution is -0.144. The average molecular weight is 933 g/mol. The van der Waals surface area contributed by atoms with E-state index >= 15 is 4.39 Å². The van der Waals surface area contributed by atoms with Crippen molar-refractivity contribution in [3.63, 3.8) is 0 Å². The lowest BCUT2D eigenvalue weighted by Crippen LogP contribution is -2.58. The van der Waals surface area contributed by atoms with Crippen LogP contribution >= 0.6 is 11.3 Å². The number of aliphatic hydroxyl groups excluding tert-OH is 1. The highest BCUT2D eigenvalue weighted by Crippen LogP contribution is 2.43. The van der Waals surface area contributed by atoms with Crippen LogP contribution in [0.25, 0.3) is 21.6 Å². The Bertz CT molecular complexity index is 2550. The van der Waals surface area contributed by atoms with Crippen molar-refractivity contribution in [3.05, 3.63) is 130 Å². The summed E-state index contributed by atoms with van der Waals surface area (Å²) in [4.78, 5) is 73.9. The number of likely N-dealkylation sites (tertiary alicyclic amines) is 1. The average Bonchev–Trinajstić information content (AvgIpc) is 4.00. The van der Waals surface area contributed by atoms with Crippen molar-refractivity contribution < 1.29 is 42.9 Å². The number of aliphatic hydroxyl groups is 1. The van der Waals surface area contributed by atoms with Crippen LogP contribution in [-0.4, -0.2) is 89.2 Å². The number of fused-ring (bicyclic) bond motifs is 3. The van der Waals surface area contributed by atoms with Crippen LogP contribution in [-0.2, 0) is 19.1 Å². The van der Waals surface area contributed by atoms with E-state index in [1.807, 2.05) is 107 Å². The molecule has 0 radical (unpaired) electrons. The molecule has 4 aromatic carbocycles. The highest BCUT2D eigenvalue weighted by molar-refractivity contribution is 7.13. The minimum Gasteiger partial charge on any atom is -0.493 e. The summed E-state index contributed by atoms with van der Waals surface area (Å²) in [5.41, 5.74) is 7.29. The number of ether oxygens (including phenoxy) is 2. The summed E-state index contributed by atoms with van der Waals surface area (Å²) in [6.07, 6.45) is 0.849. The summed E-state index contributed by atoms with van der Waals surface area (Å²) < 4.78 is 26.5. The zero-order valence-corrected chi connectivity index (χ0v) is 39.1. The Labute approximate surface area is 393 Å². The number of amides is 6. The van der Waals surface area contributed by atoms with Crippen LogP contribution in [0.5, 0.6) is 5.75 Å². The van der Waals surface area contributed by atoms with Gasteiger partial charge in [0.15, 0.2) is 0 Å². The van der Waals surface area contributed by atoms with Gasteiger partial charge in [0.2, 0.25) is 17.7 Å². The summed E-state index contributed by atoms with van der Waals surface area (Å²) in [6, 6.07) is 23.7. The maximum Gasteiger partial charge on any atom is 0.322 e. The number of carbonyl (C=O) groups is 5. The molecule has 0 unspecified atom stereocenters. The van der Waals surface area contributed by atoms with Gasteiger partial charge in [0, 0.05) is 19.6 Å². The van der Waals surface area contributed by atoms with Crippen molar-refractivity contribution in [1.29, 1.82) is 0 Å². The first-order valence-electron chi connectivity index (χ1n) is 22.5. The van der Waals surface area contributed by atoms with E-state index in [1.165, 1.54) is 17.0 Å². The zero-order valence-electron chi connectivity index (χ0n) is 38.3. The third kappa shape index (κ3) is 11.6. The van der Waals surface area contributed by atoms with Crippen LogP contribution in [0.15, 0.2) is 96.5 Å². The number of nitrogens with one attached hydrogen (secondary N) is 4. The van der Waals surface area contributed by atoms with Gasteiger partial charge in [-0.1, -0.05) is 99.6 Å². The molecule has 5 N–H and O–H groups in total. The second kappa shape index (κ2) is 21.4. The van der Waals surface area contributed by atoms with Crippen molar-refractivity contribution in [2.24, 2.45) is 5.41 Å². The highest BCUT2D eigenvalue weighted by Gasteiger charge is 2.45. The molecule has 2 aliphatic rings. The van der Waals surface area contributed by atoms with Gasteiger partial charge in [0.25, 0.3) is 5.91 Å². The number of halogens is 1. The molecule has 6 amide bonds. The first-order valence-corrected chi connectivity index (χ1v) is 23.4. The smallest absolute Gasteiger partial charge is 0.322 e. The zero-order chi connectivity index (χ0) is 47.8. The van der Waals surface area contributed by atoms with Gasteiger partial charge in [-0.3, -0.25) is 24.5 Å². The molecule has 1 fully saturated rings. The Morgan fingerprint density at radius 1 is 0.881 bits per heavy atom. The number of hydrogen-bond donors (Lipinski definition) is 5. The SMILES string of the molecule is Cc1ncsc1-c1ccc([C@@H](C)NC(=O)[C@H]2C[C@H](O)CN2C(=O)[C@H](NC(=O)COCCCCCOc2cccc(F)c2C(=O)NC(=O)NC2c3ccccc3-c3ccccc32)C(C)(C)C)cc1. The molecule has 67 heavy (non-hydrogen) atoms. The number of thiazole rings is 1. The lowest BCUT2D eigenvalue weighted by atomic mass is 9.85. The van der Waals surface area contributed by atoms with E-state index in [0.29, 0.717) is 19.3 Å². The summed E-state index contributed by atoms with van der Waals surface area (Å²) in [5, 5.41) is 21.6. The van der Waals surface area contributed by atoms with Crippen molar-refractivity contribution in [1.82, 2.24) is 31.2 Å². The van der Waals surface area contributed by atoms with E-state index in [4.69, 9.17) is 9.47 Å². The first-order chi connectivity index (χ1) is 32.1. The number of carbonyl (C=O) groups excluding carboxylic acids is 5. The van der Waals surface area contributed by atoms with E-state index in [9.17, 15) is 29.1 Å². The number of imide groups is 1. The fraction of sp³-hybridized carbons (Fsp3) is 0.373. The number of benzene rings is 4. The maximum absolute atomic E-state index is 15.0. The standard InChI is InChI=1S/C51H57FN6O8S/c1-30(32-20-22-33(23-21-32)45-31(2)53-29-67-45)54-47(61)40-26-34(59)27-58(40)49(63)46(51(3,4)5)55-42(60)28-65-24-11-6-12-25-66-41-19-13-18-39(52)43(41)48(62)57-50(64)56-44-37-16-9-7-14-35(37)36-15-8-10-17-38(36)44/h7-10,13-23,29-30,34,40,44,46,59H,6,11-12,24-28H2,1-5H3,(H,54,61)(H,55,60)(H2,56,57,62,64)/t30-,34+,40-,46+/m1/s1. The molecular weight excluding hydrogens is 876 g/mol. The molecule has 2 heterocycles. The molecule has 5 aromatic rings. The van der Waals surface area contributed by atoms with Crippen molar-refractivity contribution >= 4 is 41.0 Å². The maximum atomic E-state index is 15.0. The van der Waals surface area contributed by atoms with Gasteiger partial charge in [-0.05, 0) is 84.0 Å². The molecule has 4 atom stereocenters. The highest BCUT2D eigenvalue weighted by atomic mass is 32.1. The Morgan fingerprint density at radius 2 is 1.55 bits per heavy atom. The quantitative estimate of drug-likeness (QED) is 0.0592. The number of hydrogen-bond acceptors (Lipinski definition) is 10. The summed E-state index contributed by atoms with van der Waals surface area (Å²) in [6.45, 7) is 9.27. The van der Waals surface area contributed by atoms with Crippen LogP contribution < -0.4 is 26.0 Å². The van der Waals surface area contributed by atoms with E-state index in [-0.39, 0.29) is 50.1 Å². The fourth-order valence-corrected chi connectivity index (χ4v) is 9.35. The van der Waals surface area contributed by atoms with E-state index < -0.39 is 65.1 Å². The number of aryl methyl sites for hydroxylation is 1. The van der Waals surface area contributed by atoms with E-state index in [1.54, 1.807) is 16.8 Å². The topological polar surface area (TPSA) is 188 Å². The van der Waals surface area contributed by atoms with E-state index in [2.05, 4.69) is 26.3 Å². The molecule has 1 saturated heterocycles. The van der Waals surface area contributed by atoms with Gasteiger partial charge in [0.1, 0.15) is 35.8 Å². The van der Waals surface area contributed by atoms with E-state index in [0.717, 1.165) is 50.0 Å². The molecule has 0 bridgehead atoms. The normalized spacial score (nSPS) is 16.4. The predicted molar refractivity (Wildman–Crippen MR) is 253 cm³/mol. The van der Waals surface area contributed by atoms with Gasteiger partial charge in [-0.15, -0.1) is 11.3 Å². The van der Waals surface area contributed by atoms with Crippen molar-refractivity contribution in [2.75, 3.05) is 26.4 Å². The predicted octanol–water partition coefficient (Wildman–Crippen LogP) is 7.40. The lowest BCUT2D eigenvalue weighted by Gasteiger charge is -2.35. The monoisotopic (exact) mass is 932 g/mol. The van der Waals surface area contributed by atoms with Crippen LogP contribution in [0.4, 0.5) is 9.18 Å². The Balaban J connectivity index is 0.836. The summed E-state index contributed by atoms with van der Waals surface area (Å²) in [5.74, 6) is -3.17. The molecule has 1 aromatic heterocycles. The Hall–Kier alpha value is -6.49. The van der Waals surface area contributed by atoms with Crippen LogP contribution in [0.3, 0.4) is 0 Å². The number of nitrogens with zero attached hydrogens (tertiary/aromatic N) is 2. The van der Waals surface area contributed by atoms with Gasteiger partial charge in [-0.2, -0.15) is 0 Å². The number of rotatable bonds is 17. The molecule has 1 aliphatic carbocycles. The third-order valence-corrected chi connectivity index (χ3v) is 13.0. The molecule has 352 valence electrons. The molecule has 14 nitrogen and oxygen atoms in total. The molecule has 0 saturated carbocycles. The number of β-amino-alcohol motifs (C(OH)–C–C–N with tert-alkyl or cyclic N) is 1. The van der Waals surface area contributed by atoms with Crippen LogP contribution in [0.2, 0.25) is 0 Å². The molecule has 7 rings (SSSR count).